The van der Waals surface area contributed by atoms with Gasteiger partial charge in [-0.15, -0.1) is 0 Å². The number of hydrogen-bond acceptors (Lipinski definition) is 1. The average Bonchev–Trinajstić information content (AvgIpc) is 3.61. The monoisotopic (exact) mass is 622 g/mol. The van der Waals surface area contributed by atoms with E-state index in [0.717, 1.165) is 22.3 Å². The summed E-state index contributed by atoms with van der Waals surface area (Å²) in [5.41, 5.74) is 9.41. The van der Waals surface area contributed by atoms with Gasteiger partial charge in [-0.3, -0.25) is 0 Å². The van der Waals surface area contributed by atoms with Crippen LogP contribution < -0.4 is 0 Å². The molecule has 1 nitrogen and oxygen atoms in total. The largest absolute Gasteiger partial charge is 0.456 e. The van der Waals surface area contributed by atoms with E-state index in [4.69, 9.17) is 4.42 Å². The fraction of sp³-hybridized carbons (Fsp3) is 0. The van der Waals surface area contributed by atoms with Crippen LogP contribution in [-0.2, 0) is 0 Å². The van der Waals surface area contributed by atoms with Crippen LogP contribution in [0.4, 0.5) is 0 Å². The lowest BCUT2D eigenvalue weighted by Crippen LogP contribution is -1.92. The molecule has 228 valence electrons. The van der Waals surface area contributed by atoms with Crippen LogP contribution in [0.15, 0.2) is 186 Å². The lowest BCUT2D eigenvalue weighted by Gasteiger charge is -2.20. The first-order valence-electron chi connectivity index (χ1n) is 16.8. The number of fused-ring (bicyclic) bond motifs is 5. The average molecular weight is 623 g/mol. The van der Waals surface area contributed by atoms with Gasteiger partial charge in [-0.05, 0) is 101 Å². The van der Waals surface area contributed by atoms with E-state index in [0.29, 0.717) is 0 Å². The van der Waals surface area contributed by atoms with E-state index >= 15 is 0 Å². The van der Waals surface area contributed by atoms with Gasteiger partial charge >= 0.3 is 0 Å². The molecule has 1 aromatic heterocycles. The standard InChI is InChI=1S/C48H30O/c1-2-13-32(14-3-1)46-30-36-29-34(24-27-45(36)49-46)37-25-26-44(39-17-7-6-16-38(37)39)48-42-20-10-8-18-40(42)47(41-19-9-11-21-43(41)48)35-23-22-31-12-4-5-15-33(31)28-35/h1-30H. The van der Waals surface area contributed by atoms with Crippen molar-refractivity contribution in [2.75, 3.05) is 0 Å². The summed E-state index contributed by atoms with van der Waals surface area (Å²) < 4.78 is 6.25. The highest BCUT2D eigenvalue weighted by atomic mass is 16.3. The minimum atomic E-state index is 0.888. The Morgan fingerprint density at radius 1 is 0.286 bits per heavy atom. The van der Waals surface area contributed by atoms with Gasteiger partial charge in [0.15, 0.2) is 0 Å². The molecule has 0 amide bonds. The highest BCUT2D eigenvalue weighted by Crippen LogP contribution is 2.47. The van der Waals surface area contributed by atoms with Crippen molar-refractivity contribution in [2.24, 2.45) is 0 Å². The third-order valence-electron chi connectivity index (χ3n) is 10.0. The number of benzene rings is 9. The Balaban J connectivity index is 1.19. The summed E-state index contributed by atoms with van der Waals surface area (Å²) in [5, 5.41) is 11.1. The molecular formula is C48H30O. The van der Waals surface area contributed by atoms with E-state index in [1.54, 1.807) is 0 Å². The van der Waals surface area contributed by atoms with Gasteiger partial charge in [0.25, 0.3) is 0 Å². The van der Waals surface area contributed by atoms with E-state index in [2.05, 4.69) is 164 Å². The summed E-state index contributed by atoms with van der Waals surface area (Å²) in [5.74, 6) is 0.888. The Hall–Kier alpha value is -6.44. The first kappa shape index (κ1) is 27.7. The van der Waals surface area contributed by atoms with Gasteiger partial charge in [-0.2, -0.15) is 0 Å². The van der Waals surface area contributed by atoms with Crippen LogP contribution in [0.25, 0.3) is 98.8 Å². The van der Waals surface area contributed by atoms with Gasteiger partial charge in [0.1, 0.15) is 11.3 Å². The Morgan fingerprint density at radius 3 is 1.53 bits per heavy atom. The normalized spacial score (nSPS) is 11.7. The second-order valence-electron chi connectivity index (χ2n) is 12.8. The first-order valence-corrected chi connectivity index (χ1v) is 16.8. The van der Waals surface area contributed by atoms with E-state index < -0.39 is 0 Å². The van der Waals surface area contributed by atoms with E-state index in [9.17, 15) is 0 Å². The van der Waals surface area contributed by atoms with Gasteiger partial charge in [-0.1, -0.05) is 158 Å². The van der Waals surface area contributed by atoms with Crippen LogP contribution in [0.5, 0.6) is 0 Å². The van der Waals surface area contributed by atoms with Crippen molar-refractivity contribution in [1.29, 1.82) is 0 Å². The summed E-state index contributed by atoms with van der Waals surface area (Å²) in [7, 11) is 0. The molecule has 0 bridgehead atoms. The molecule has 0 spiro atoms. The SMILES string of the molecule is c1ccc(-c2cc3cc(-c4ccc(-c5c6ccccc6c(-c6ccc7ccccc7c6)c6ccccc56)c5ccccc45)ccc3o2)cc1. The van der Waals surface area contributed by atoms with Crippen molar-refractivity contribution >= 4 is 54.1 Å². The highest BCUT2D eigenvalue weighted by molar-refractivity contribution is 6.24. The van der Waals surface area contributed by atoms with Crippen LogP contribution in [0.1, 0.15) is 0 Å². The van der Waals surface area contributed by atoms with Crippen LogP contribution in [0.2, 0.25) is 0 Å². The predicted octanol–water partition coefficient (Wildman–Crippen LogP) is 13.7. The molecule has 9 aromatic carbocycles. The number of rotatable bonds is 4. The molecule has 0 aliphatic rings. The minimum absolute atomic E-state index is 0.888. The van der Waals surface area contributed by atoms with Gasteiger partial charge in [0, 0.05) is 10.9 Å². The van der Waals surface area contributed by atoms with Crippen molar-refractivity contribution in [1.82, 2.24) is 0 Å². The second-order valence-corrected chi connectivity index (χ2v) is 12.8. The zero-order valence-corrected chi connectivity index (χ0v) is 26.7. The summed E-state index contributed by atoms with van der Waals surface area (Å²) in [4.78, 5) is 0. The second kappa shape index (κ2) is 11.1. The molecule has 0 fully saturated rings. The summed E-state index contributed by atoms with van der Waals surface area (Å²) in [6.07, 6.45) is 0. The van der Waals surface area contributed by atoms with Crippen molar-refractivity contribution in [3.05, 3.63) is 182 Å². The van der Waals surface area contributed by atoms with Crippen LogP contribution in [0.3, 0.4) is 0 Å². The predicted molar refractivity (Wildman–Crippen MR) is 208 cm³/mol. The lowest BCUT2D eigenvalue weighted by atomic mass is 9.83. The molecule has 1 heterocycles. The molecule has 10 rings (SSSR count). The third kappa shape index (κ3) is 4.47. The van der Waals surface area contributed by atoms with Gasteiger partial charge in [-0.25, -0.2) is 0 Å². The van der Waals surface area contributed by atoms with Crippen LogP contribution in [0, 0.1) is 0 Å². The molecular weight excluding hydrogens is 593 g/mol. The molecule has 0 unspecified atom stereocenters. The molecule has 0 atom stereocenters. The summed E-state index contributed by atoms with van der Waals surface area (Å²) >= 11 is 0. The fourth-order valence-corrected chi connectivity index (χ4v) is 7.80. The van der Waals surface area contributed by atoms with E-state index in [1.165, 1.54) is 76.5 Å². The smallest absolute Gasteiger partial charge is 0.135 e. The topological polar surface area (TPSA) is 13.1 Å². The lowest BCUT2D eigenvalue weighted by molar-refractivity contribution is 0.631. The molecule has 0 aliphatic heterocycles. The van der Waals surface area contributed by atoms with Crippen LogP contribution >= 0.6 is 0 Å². The summed E-state index contributed by atoms with van der Waals surface area (Å²) in [6.45, 7) is 0. The van der Waals surface area contributed by atoms with Crippen molar-refractivity contribution in [3.8, 4) is 44.7 Å². The van der Waals surface area contributed by atoms with Crippen molar-refractivity contribution in [2.45, 2.75) is 0 Å². The van der Waals surface area contributed by atoms with Crippen molar-refractivity contribution < 1.29 is 4.42 Å². The zero-order chi connectivity index (χ0) is 32.3. The van der Waals surface area contributed by atoms with E-state index in [-0.39, 0.29) is 0 Å². The zero-order valence-electron chi connectivity index (χ0n) is 26.7. The molecule has 0 N–H and O–H groups in total. The minimum Gasteiger partial charge on any atom is -0.456 e. The van der Waals surface area contributed by atoms with Gasteiger partial charge < -0.3 is 4.42 Å². The molecule has 0 aliphatic carbocycles. The maximum atomic E-state index is 6.25. The maximum absolute atomic E-state index is 6.25. The third-order valence-corrected chi connectivity index (χ3v) is 10.0. The Kier molecular flexibility index (Phi) is 6.25. The highest BCUT2D eigenvalue weighted by Gasteiger charge is 2.19. The van der Waals surface area contributed by atoms with Crippen LogP contribution in [-0.4, -0.2) is 0 Å². The quantitative estimate of drug-likeness (QED) is 0.178. The summed E-state index contributed by atoms with van der Waals surface area (Å²) in [6, 6.07) is 65.8. The van der Waals surface area contributed by atoms with Gasteiger partial charge in [0.05, 0.1) is 0 Å². The molecule has 10 aromatic rings. The van der Waals surface area contributed by atoms with Crippen molar-refractivity contribution in [3.63, 3.8) is 0 Å². The maximum Gasteiger partial charge on any atom is 0.135 e. The Bertz CT molecular complexity index is 2820. The molecule has 0 saturated carbocycles. The number of furan rings is 1. The fourth-order valence-electron chi connectivity index (χ4n) is 7.80. The van der Waals surface area contributed by atoms with E-state index in [1.807, 2.05) is 18.2 Å². The van der Waals surface area contributed by atoms with Gasteiger partial charge in [0.2, 0.25) is 0 Å². The number of hydrogen-bond donors (Lipinski definition) is 0. The first-order chi connectivity index (χ1) is 24.3. The molecule has 49 heavy (non-hydrogen) atoms. The molecule has 0 saturated heterocycles. The molecule has 0 radical (unpaired) electrons. The Morgan fingerprint density at radius 2 is 0.816 bits per heavy atom. The Labute approximate surface area is 284 Å². The molecule has 1 heteroatoms.